The topological polar surface area (TPSA) is 15.3 Å². The molecule has 1 rings (SSSR count). The van der Waals surface area contributed by atoms with E-state index in [2.05, 4.69) is 57.3 Å². The lowest BCUT2D eigenvalue weighted by Gasteiger charge is -2.25. The first-order valence-corrected chi connectivity index (χ1v) is 8.42. The van der Waals surface area contributed by atoms with Gasteiger partial charge in [0.2, 0.25) is 0 Å². The van der Waals surface area contributed by atoms with E-state index in [-0.39, 0.29) is 0 Å². The van der Waals surface area contributed by atoms with Gasteiger partial charge in [0.05, 0.1) is 5.82 Å². The van der Waals surface area contributed by atoms with E-state index in [9.17, 15) is 0 Å². The van der Waals surface area contributed by atoms with Gasteiger partial charge in [-0.05, 0) is 36.2 Å². The zero-order valence-electron chi connectivity index (χ0n) is 14.5. The third-order valence-electron chi connectivity index (χ3n) is 4.96. The van der Waals surface area contributed by atoms with Gasteiger partial charge in [-0.3, -0.25) is 0 Å². The summed E-state index contributed by atoms with van der Waals surface area (Å²) in [4.78, 5) is 2.25. The monoisotopic (exact) mass is 290 g/mol. The second kappa shape index (κ2) is 8.31. The quantitative estimate of drug-likeness (QED) is 0.554. The fraction of sp³-hybridized carbons (Fsp3) is 0.684. The van der Waals surface area contributed by atoms with E-state index in [1.807, 2.05) is 6.08 Å². The molecule has 0 saturated heterocycles. The Morgan fingerprint density at radius 3 is 2.67 bits per heavy atom. The third-order valence-corrected chi connectivity index (χ3v) is 4.96. The normalized spacial score (nSPS) is 24.6. The summed E-state index contributed by atoms with van der Waals surface area (Å²) < 4.78 is 0. The highest BCUT2D eigenvalue weighted by molar-refractivity contribution is 5.18. The number of hydrogen-bond donors (Lipinski definition) is 1. The van der Waals surface area contributed by atoms with Crippen LogP contribution in [0, 0.1) is 11.3 Å². The second-order valence-electron chi connectivity index (χ2n) is 6.71. The van der Waals surface area contributed by atoms with Crippen LogP contribution in [0.3, 0.4) is 0 Å². The molecule has 1 aliphatic rings. The first-order chi connectivity index (χ1) is 9.96. The summed E-state index contributed by atoms with van der Waals surface area (Å²) >= 11 is 0. The average Bonchev–Trinajstić information content (AvgIpc) is 3.16. The van der Waals surface area contributed by atoms with Crippen molar-refractivity contribution in [2.45, 2.75) is 52.9 Å². The fourth-order valence-corrected chi connectivity index (χ4v) is 2.90. The highest BCUT2D eigenvalue weighted by Gasteiger charge is 2.47. The van der Waals surface area contributed by atoms with Crippen LogP contribution in [0.25, 0.3) is 0 Å². The van der Waals surface area contributed by atoms with Crippen molar-refractivity contribution in [3.05, 3.63) is 36.7 Å². The van der Waals surface area contributed by atoms with E-state index in [4.69, 9.17) is 0 Å². The van der Waals surface area contributed by atoms with Gasteiger partial charge in [-0.15, -0.1) is 0 Å². The molecule has 2 unspecified atom stereocenters. The molecule has 0 aliphatic heterocycles. The standard InChI is InChI=1S/C19H34N2/c1-7-10-11-17(8-2)15-20-16(4)21(6)13-12-19(5)14-18(19)9-3/h8,11,18,20H,2,4,7,9-10,12-15H2,1,3,5-6H3/b17-11+. The minimum absolute atomic E-state index is 0.580. The molecule has 1 saturated carbocycles. The number of rotatable bonds is 11. The Morgan fingerprint density at radius 2 is 2.14 bits per heavy atom. The third kappa shape index (κ3) is 5.61. The molecular formula is C19H34N2. The largest absolute Gasteiger partial charge is 0.368 e. The Bertz CT molecular complexity index is 383. The van der Waals surface area contributed by atoms with Crippen LogP contribution >= 0.6 is 0 Å². The Morgan fingerprint density at radius 1 is 1.43 bits per heavy atom. The van der Waals surface area contributed by atoms with Crippen molar-refractivity contribution in [3.8, 4) is 0 Å². The molecule has 1 N–H and O–H groups in total. The van der Waals surface area contributed by atoms with Gasteiger partial charge in [0.1, 0.15) is 0 Å². The molecule has 0 radical (unpaired) electrons. The molecule has 2 nitrogen and oxygen atoms in total. The van der Waals surface area contributed by atoms with Gasteiger partial charge < -0.3 is 10.2 Å². The van der Waals surface area contributed by atoms with Crippen LogP contribution in [0.15, 0.2) is 36.7 Å². The smallest absolute Gasteiger partial charge is 0.0938 e. The first kappa shape index (κ1) is 17.9. The molecule has 0 bridgehead atoms. The minimum atomic E-state index is 0.580. The maximum Gasteiger partial charge on any atom is 0.0938 e. The van der Waals surface area contributed by atoms with Gasteiger partial charge in [0.15, 0.2) is 0 Å². The first-order valence-electron chi connectivity index (χ1n) is 8.42. The zero-order chi connectivity index (χ0) is 15.9. The van der Waals surface area contributed by atoms with Crippen LogP contribution in [0.2, 0.25) is 0 Å². The van der Waals surface area contributed by atoms with Crippen LogP contribution < -0.4 is 5.32 Å². The SMILES string of the molecule is C=C/C(=C\CCC)CNC(=C)N(C)CCC1(C)CC1CC. The molecule has 0 aromatic carbocycles. The van der Waals surface area contributed by atoms with E-state index in [1.165, 1.54) is 31.3 Å². The number of hydrogen-bond acceptors (Lipinski definition) is 2. The molecule has 0 amide bonds. The molecule has 2 atom stereocenters. The van der Waals surface area contributed by atoms with Gasteiger partial charge in [0.25, 0.3) is 0 Å². The number of nitrogens with zero attached hydrogens (tertiary/aromatic N) is 1. The van der Waals surface area contributed by atoms with Crippen molar-refractivity contribution < 1.29 is 0 Å². The lowest BCUT2D eigenvalue weighted by molar-refractivity contribution is 0.327. The van der Waals surface area contributed by atoms with Gasteiger partial charge in [-0.2, -0.15) is 0 Å². The molecule has 0 heterocycles. The van der Waals surface area contributed by atoms with Crippen molar-refractivity contribution in [3.63, 3.8) is 0 Å². The molecule has 0 aromatic rings. The van der Waals surface area contributed by atoms with Crippen molar-refractivity contribution in [2.24, 2.45) is 11.3 Å². The Hall–Kier alpha value is -1.18. The van der Waals surface area contributed by atoms with Crippen molar-refractivity contribution in [2.75, 3.05) is 20.1 Å². The fourth-order valence-electron chi connectivity index (χ4n) is 2.90. The summed E-state index contributed by atoms with van der Waals surface area (Å²) in [6.45, 7) is 16.9. The minimum Gasteiger partial charge on any atom is -0.368 e. The predicted octanol–water partition coefficient (Wildman–Crippen LogP) is 4.72. The molecule has 21 heavy (non-hydrogen) atoms. The Labute approximate surface area is 132 Å². The molecule has 0 spiro atoms. The van der Waals surface area contributed by atoms with Crippen molar-refractivity contribution >= 4 is 0 Å². The van der Waals surface area contributed by atoms with Gasteiger partial charge in [-0.25, -0.2) is 0 Å². The molecule has 1 aliphatic carbocycles. The predicted molar refractivity (Wildman–Crippen MR) is 94.1 cm³/mol. The van der Waals surface area contributed by atoms with Crippen LogP contribution in [-0.4, -0.2) is 25.0 Å². The summed E-state index contributed by atoms with van der Waals surface area (Å²) in [5, 5.41) is 3.42. The number of allylic oxidation sites excluding steroid dienone is 1. The molecule has 0 aromatic heterocycles. The van der Waals surface area contributed by atoms with E-state index in [1.54, 1.807) is 0 Å². The lowest BCUT2D eigenvalue weighted by atomic mass is 10.0. The van der Waals surface area contributed by atoms with Gasteiger partial charge in [-0.1, -0.05) is 58.9 Å². The van der Waals surface area contributed by atoms with Crippen molar-refractivity contribution in [1.82, 2.24) is 10.2 Å². The van der Waals surface area contributed by atoms with Gasteiger partial charge >= 0.3 is 0 Å². The second-order valence-corrected chi connectivity index (χ2v) is 6.71. The molecule has 120 valence electrons. The highest BCUT2D eigenvalue weighted by atomic mass is 15.2. The van der Waals surface area contributed by atoms with E-state index in [0.717, 1.165) is 31.2 Å². The molecule has 2 heteroatoms. The van der Waals surface area contributed by atoms with Crippen molar-refractivity contribution in [1.29, 1.82) is 0 Å². The summed E-state index contributed by atoms with van der Waals surface area (Å²) in [6, 6.07) is 0. The summed E-state index contributed by atoms with van der Waals surface area (Å²) in [6.07, 6.45) is 10.5. The maximum atomic E-state index is 4.15. The highest BCUT2D eigenvalue weighted by Crippen LogP contribution is 2.56. The summed E-state index contributed by atoms with van der Waals surface area (Å²) in [7, 11) is 2.13. The van der Waals surface area contributed by atoms with E-state index in [0.29, 0.717) is 5.41 Å². The van der Waals surface area contributed by atoms with Crippen LogP contribution in [0.5, 0.6) is 0 Å². The zero-order valence-corrected chi connectivity index (χ0v) is 14.5. The van der Waals surface area contributed by atoms with Crippen LogP contribution in [0.4, 0.5) is 0 Å². The Balaban J connectivity index is 2.29. The van der Waals surface area contributed by atoms with E-state index < -0.39 is 0 Å². The van der Waals surface area contributed by atoms with Crippen LogP contribution in [-0.2, 0) is 0 Å². The number of unbranched alkanes of at least 4 members (excludes halogenated alkanes) is 1. The Kier molecular flexibility index (Phi) is 7.07. The summed E-state index contributed by atoms with van der Waals surface area (Å²) in [5.74, 6) is 1.95. The summed E-state index contributed by atoms with van der Waals surface area (Å²) in [5.41, 5.74) is 1.84. The van der Waals surface area contributed by atoms with Gasteiger partial charge in [0, 0.05) is 20.1 Å². The average molecular weight is 290 g/mol. The number of nitrogens with one attached hydrogen (secondary N) is 1. The lowest BCUT2D eigenvalue weighted by Crippen LogP contribution is -2.30. The molecular weight excluding hydrogens is 256 g/mol. The molecule has 1 fully saturated rings. The van der Waals surface area contributed by atoms with Crippen LogP contribution in [0.1, 0.15) is 52.9 Å². The van der Waals surface area contributed by atoms with E-state index >= 15 is 0 Å². The maximum absolute atomic E-state index is 4.15.